The van der Waals surface area contributed by atoms with Gasteiger partial charge >= 0.3 is 0 Å². The van der Waals surface area contributed by atoms with E-state index in [0.29, 0.717) is 25.7 Å². The lowest BCUT2D eigenvalue weighted by Gasteiger charge is -2.39. The van der Waals surface area contributed by atoms with Crippen molar-refractivity contribution in [1.82, 2.24) is 0 Å². The molecule has 0 spiro atoms. The molecule has 0 bridgehead atoms. The molecular weight excluding hydrogens is 372 g/mol. The summed E-state index contributed by atoms with van der Waals surface area (Å²) in [5.74, 6) is 0.0566. The van der Waals surface area contributed by atoms with Gasteiger partial charge in [0.2, 0.25) is 0 Å². The lowest BCUT2D eigenvalue weighted by molar-refractivity contribution is -0.124. The standard InChI is InChI=1S/C27H42O3/c1-17(2)10-11-22-21(9)27(14-12-18(3)4,15-13-19(5)6)26(30)24(25(22)29)23(28)16-20(7)8/h10,12-13,20,23,28-29H,11,14-16H2,1-9H3. The highest BCUT2D eigenvalue weighted by molar-refractivity contribution is 6.05. The fourth-order valence-electron chi connectivity index (χ4n) is 3.93. The van der Waals surface area contributed by atoms with Crippen LogP contribution in [0, 0.1) is 11.3 Å². The van der Waals surface area contributed by atoms with Crippen LogP contribution in [0.25, 0.3) is 0 Å². The third kappa shape index (κ3) is 6.31. The van der Waals surface area contributed by atoms with E-state index in [4.69, 9.17) is 0 Å². The molecule has 0 radical (unpaired) electrons. The van der Waals surface area contributed by atoms with Crippen LogP contribution in [0.4, 0.5) is 0 Å². The normalized spacial score (nSPS) is 17.2. The Kier molecular flexibility index (Phi) is 9.55. The molecule has 168 valence electrons. The average Bonchev–Trinajstić information content (AvgIpc) is 2.60. The number of rotatable bonds is 9. The van der Waals surface area contributed by atoms with E-state index in [1.165, 1.54) is 0 Å². The summed E-state index contributed by atoms with van der Waals surface area (Å²) in [6.07, 6.45) is 7.44. The molecule has 0 saturated carbocycles. The fraction of sp³-hybridized carbons (Fsp3) is 0.593. The Bertz CT molecular complexity index is 768. The van der Waals surface area contributed by atoms with Gasteiger partial charge in [0.15, 0.2) is 5.78 Å². The fourth-order valence-corrected chi connectivity index (χ4v) is 3.93. The molecule has 0 amide bonds. The molecule has 0 saturated heterocycles. The summed E-state index contributed by atoms with van der Waals surface area (Å²) in [5, 5.41) is 22.1. The van der Waals surface area contributed by atoms with Crippen molar-refractivity contribution in [2.75, 3.05) is 0 Å². The van der Waals surface area contributed by atoms with Crippen molar-refractivity contribution in [3.63, 3.8) is 0 Å². The Morgan fingerprint density at radius 1 is 0.933 bits per heavy atom. The molecule has 1 rings (SSSR count). The summed E-state index contributed by atoms with van der Waals surface area (Å²) in [6.45, 7) is 18.2. The number of aliphatic hydroxyl groups is 2. The van der Waals surface area contributed by atoms with Gasteiger partial charge in [0.05, 0.1) is 17.1 Å². The van der Waals surface area contributed by atoms with E-state index in [2.05, 4.69) is 18.2 Å². The van der Waals surface area contributed by atoms with Gasteiger partial charge in [-0.3, -0.25) is 4.79 Å². The van der Waals surface area contributed by atoms with Gasteiger partial charge in [-0.25, -0.2) is 0 Å². The van der Waals surface area contributed by atoms with Gasteiger partial charge in [-0.1, -0.05) is 54.4 Å². The maximum atomic E-state index is 13.9. The van der Waals surface area contributed by atoms with E-state index in [0.717, 1.165) is 27.9 Å². The molecule has 0 aliphatic heterocycles. The van der Waals surface area contributed by atoms with Crippen LogP contribution < -0.4 is 0 Å². The van der Waals surface area contributed by atoms with E-state index in [1.807, 2.05) is 62.3 Å². The molecule has 1 unspecified atom stereocenters. The van der Waals surface area contributed by atoms with E-state index >= 15 is 0 Å². The predicted octanol–water partition coefficient (Wildman–Crippen LogP) is 7.16. The van der Waals surface area contributed by atoms with E-state index in [9.17, 15) is 15.0 Å². The molecule has 1 atom stereocenters. The number of allylic oxidation sites excluding steroid dienone is 8. The second-order valence-electron chi connectivity index (χ2n) is 9.88. The SMILES string of the molecule is CC(C)=CCC1=C(C)C(CC=C(C)C)(CC=C(C)C)C(=O)C(C(O)CC(C)C)=C1O. The quantitative estimate of drug-likeness (QED) is 0.393. The Morgan fingerprint density at radius 3 is 1.80 bits per heavy atom. The van der Waals surface area contributed by atoms with Crippen LogP contribution in [0.2, 0.25) is 0 Å². The van der Waals surface area contributed by atoms with Crippen molar-refractivity contribution in [2.45, 2.75) is 94.1 Å². The van der Waals surface area contributed by atoms with Crippen LogP contribution in [0.5, 0.6) is 0 Å². The molecule has 0 aromatic rings. The third-order valence-electron chi connectivity index (χ3n) is 5.85. The van der Waals surface area contributed by atoms with Crippen molar-refractivity contribution < 1.29 is 15.0 Å². The highest BCUT2D eigenvalue weighted by atomic mass is 16.3. The summed E-state index contributed by atoms with van der Waals surface area (Å²) >= 11 is 0. The maximum Gasteiger partial charge on any atom is 0.175 e. The van der Waals surface area contributed by atoms with Crippen molar-refractivity contribution in [3.8, 4) is 0 Å². The van der Waals surface area contributed by atoms with Gasteiger partial charge in [-0.2, -0.15) is 0 Å². The first-order valence-corrected chi connectivity index (χ1v) is 11.1. The maximum absolute atomic E-state index is 13.9. The predicted molar refractivity (Wildman–Crippen MR) is 127 cm³/mol. The number of hydrogen-bond donors (Lipinski definition) is 2. The first-order valence-electron chi connectivity index (χ1n) is 11.1. The second-order valence-corrected chi connectivity index (χ2v) is 9.88. The Labute approximate surface area is 184 Å². The van der Waals surface area contributed by atoms with Crippen LogP contribution in [-0.4, -0.2) is 22.1 Å². The van der Waals surface area contributed by atoms with Crippen molar-refractivity contribution >= 4 is 5.78 Å². The third-order valence-corrected chi connectivity index (χ3v) is 5.85. The summed E-state index contributed by atoms with van der Waals surface area (Å²) < 4.78 is 0. The van der Waals surface area contributed by atoms with Crippen LogP contribution in [-0.2, 0) is 4.79 Å². The molecule has 2 N–H and O–H groups in total. The first kappa shape index (κ1) is 26.2. The minimum atomic E-state index is -0.968. The number of carbonyl (C=O) groups is 1. The van der Waals surface area contributed by atoms with Gasteiger partial charge in [0.25, 0.3) is 0 Å². The molecule has 0 heterocycles. The van der Waals surface area contributed by atoms with Crippen molar-refractivity contribution in [1.29, 1.82) is 0 Å². The molecule has 30 heavy (non-hydrogen) atoms. The number of carbonyl (C=O) groups excluding carboxylic acids is 1. The Morgan fingerprint density at radius 2 is 1.40 bits per heavy atom. The molecule has 0 aromatic carbocycles. The number of Topliss-reactive ketones (excluding diaryl/α,β-unsaturated/α-hetero) is 1. The number of hydrogen-bond acceptors (Lipinski definition) is 3. The van der Waals surface area contributed by atoms with Gasteiger partial charge in [-0.15, -0.1) is 0 Å². The zero-order valence-corrected chi connectivity index (χ0v) is 20.5. The number of ketones is 1. The molecule has 0 aromatic heterocycles. The Hall–Kier alpha value is -1.87. The van der Waals surface area contributed by atoms with Crippen molar-refractivity contribution in [3.05, 3.63) is 57.4 Å². The van der Waals surface area contributed by atoms with Crippen LogP contribution in [0.15, 0.2) is 57.4 Å². The summed E-state index contributed by atoms with van der Waals surface area (Å²) in [6, 6.07) is 0. The van der Waals surface area contributed by atoms with Crippen LogP contribution >= 0.6 is 0 Å². The molecule has 1 aliphatic carbocycles. The highest BCUT2D eigenvalue weighted by Crippen LogP contribution is 2.48. The zero-order valence-electron chi connectivity index (χ0n) is 20.5. The number of aliphatic hydroxyl groups excluding tert-OH is 2. The zero-order chi connectivity index (χ0) is 23.2. The average molecular weight is 415 g/mol. The smallest absolute Gasteiger partial charge is 0.175 e. The monoisotopic (exact) mass is 414 g/mol. The summed E-state index contributed by atoms with van der Waals surface area (Å²) in [7, 11) is 0. The van der Waals surface area contributed by atoms with Crippen LogP contribution in [0.1, 0.15) is 88.0 Å². The molecule has 0 fully saturated rings. The van der Waals surface area contributed by atoms with Gasteiger partial charge < -0.3 is 10.2 Å². The molecule has 3 heteroatoms. The minimum absolute atomic E-state index is 0.0202. The lowest BCUT2D eigenvalue weighted by Crippen LogP contribution is -2.41. The van der Waals surface area contributed by atoms with Gasteiger partial charge in [-0.05, 0) is 85.6 Å². The van der Waals surface area contributed by atoms with Gasteiger partial charge in [0.1, 0.15) is 5.76 Å². The largest absolute Gasteiger partial charge is 0.507 e. The summed E-state index contributed by atoms with van der Waals surface area (Å²) in [4.78, 5) is 13.9. The Balaban J connectivity index is 3.80. The molecule has 3 nitrogen and oxygen atoms in total. The van der Waals surface area contributed by atoms with Gasteiger partial charge in [0, 0.05) is 0 Å². The lowest BCUT2D eigenvalue weighted by atomic mass is 9.63. The van der Waals surface area contributed by atoms with E-state index < -0.39 is 11.5 Å². The van der Waals surface area contributed by atoms with E-state index in [-0.39, 0.29) is 23.0 Å². The highest BCUT2D eigenvalue weighted by Gasteiger charge is 2.47. The van der Waals surface area contributed by atoms with Crippen molar-refractivity contribution in [2.24, 2.45) is 11.3 Å². The summed E-state index contributed by atoms with van der Waals surface area (Å²) in [5.41, 5.74) is 4.57. The topological polar surface area (TPSA) is 57.5 Å². The van der Waals surface area contributed by atoms with E-state index in [1.54, 1.807) is 0 Å². The van der Waals surface area contributed by atoms with Crippen LogP contribution in [0.3, 0.4) is 0 Å². The molecular formula is C27H42O3. The minimum Gasteiger partial charge on any atom is -0.507 e. The molecule has 1 aliphatic rings. The first-order chi connectivity index (χ1) is 13.8. The second kappa shape index (κ2) is 10.9.